The van der Waals surface area contributed by atoms with Gasteiger partial charge in [0.25, 0.3) is 0 Å². The molecule has 0 fully saturated rings. The number of hydrogen-bond donors (Lipinski definition) is 3. The molecule has 3 atom stereocenters. The Labute approximate surface area is 384 Å². The number of aliphatic hydroxyl groups excluding tert-OH is 2. The van der Waals surface area contributed by atoms with Crippen molar-refractivity contribution in [2.45, 2.75) is 277 Å². The molecule has 0 aliphatic rings. The minimum atomic E-state index is -0.799. The summed E-state index contributed by atoms with van der Waals surface area (Å²) in [5.41, 5.74) is 0. The molecule has 0 saturated heterocycles. The largest absolute Gasteiger partial charge is 0.462 e. The molecule has 3 unspecified atom stereocenters. The monoisotopic (exact) mass is 868 g/mol. The first-order valence-corrected chi connectivity index (χ1v) is 26.5. The number of ether oxygens (including phenoxy) is 1. The van der Waals surface area contributed by atoms with Crippen LogP contribution in [0.3, 0.4) is 0 Å². The van der Waals surface area contributed by atoms with Crippen molar-refractivity contribution in [3.05, 3.63) is 60.8 Å². The lowest BCUT2D eigenvalue weighted by Gasteiger charge is -2.24. The zero-order valence-corrected chi connectivity index (χ0v) is 41.0. The maximum Gasteiger partial charge on any atom is 0.306 e. The van der Waals surface area contributed by atoms with Gasteiger partial charge in [0.2, 0.25) is 5.91 Å². The van der Waals surface area contributed by atoms with E-state index in [1.165, 1.54) is 135 Å². The van der Waals surface area contributed by atoms with Gasteiger partial charge in [0, 0.05) is 6.42 Å². The molecule has 0 aromatic carbocycles. The molecular formula is C56H101NO5. The van der Waals surface area contributed by atoms with Crippen molar-refractivity contribution in [3.63, 3.8) is 0 Å². The fourth-order valence-electron chi connectivity index (χ4n) is 7.89. The summed E-state index contributed by atoms with van der Waals surface area (Å²) in [7, 11) is 0. The molecule has 0 aromatic rings. The smallest absolute Gasteiger partial charge is 0.306 e. The Kier molecular flexibility index (Phi) is 47.6. The van der Waals surface area contributed by atoms with Gasteiger partial charge in [0.05, 0.1) is 25.2 Å². The molecule has 360 valence electrons. The van der Waals surface area contributed by atoms with Crippen LogP contribution < -0.4 is 5.32 Å². The Bertz CT molecular complexity index is 1110. The number of amides is 1. The zero-order chi connectivity index (χ0) is 45.2. The summed E-state index contributed by atoms with van der Waals surface area (Å²) in [6.07, 6.45) is 61.5. The number of unbranched alkanes of at least 4 members (excludes halogenated alkanes) is 25. The molecule has 3 N–H and O–H groups in total. The first-order valence-electron chi connectivity index (χ1n) is 26.5. The number of allylic oxidation sites excluding steroid dienone is 10. The van der Waals surface area contributed by atoms with Gasteiger partial charge in [-0.2, -0.15) is 0 Å². The van der Waals surface area contributed by atoms with Crippen molar-refractivity contribution in [1.82, 2.24) is 5.32 Å². The van der Waals surface area contributed by atoms with Crippen LogP contribution in [0.15, 0.2) is 60.8 Å². The number of rotatable bonds is 47. The van der Waals surface area contributed by atoms with Crippen molar-refractivity contribution < 1.29 is 24.5 Å². The number of carbonyl (C=O) groups is 2. The third kappa shape index (κ3) is 44.2. The third-order valence-electron chi connectivity index (χ3n) is 11.9. The predicted octanol–water partition coefficient (Wildman–Crippen LogP) is 16.0. The highest BCUT2D eigenvalue weighted by atomic mass is 16.5. The lowest BCUT2D eigenvalue weighted by atomic mass is 10.0. The number of carbonyl (C=O) groups excluding carboxylic acids is 2. The van der Waals surface area contributed by atoms with Gasteiger partial charge in [-0.3, -0.25) is 9.59 Å². The number of esters is 1. The first-order chi connectivity index (χ1) is 30.5. The predicted molar refractivity (Wildman–Crippen MR) is 268 cm³/mol. The summed E-state index contributed by atoms with van der Waals surface area (Å²) < 4.78 is 5.90. The summed E-state index contributed by atoms with van der Waals surface area (Å²) in [6, 6.07) is -0.715. The van der Waals surface area contributed by atoms with Gasteiger partial charge in [-0.25, -0.2) is 0 Å². The van der Waals surface area contributed by atoms with Crippen LogP contribution in [0, 0.1) is 0 Å². The van der Waals surface area contributed by atoms with Gasteiger partial charge < -0.3 is 20.3 Å². The van der Waals surface area contributed by atoms with Gasteiger partial charge in [-0.05, 0) is 57.8 Å². The standard InChI is InChI=1S/C56H101NO5/c1-4-7-10-13-16-19-22-24-26-28-29-31-33-35-38-41-44-47-52(50-55(60)57-53(51-58)54(59)48-45-42-39-36-21-18-15-12-9-6-3)62-56(61)49-46-43-40-37-34-32-30-27-25-23-20-17-14-11-8-5-2/h8,11,17,20,25,27,32,34,40,43,52-54,58-59H,4-7,9-10,12-16,18-19,21-24,26,28-31,33,35-39,41-42,44-51H2,1-3H3,(H,57,60)/b11-8+,20-17+,27-25+,34-32+,43-40+. The van der Waals surface area contributed by atoms with Crippen molar-refractivity contribution in [1.29, 1.82) is 0 Å². The highest BCUT2D eigenvalue weighted by Crippen LogP contribution is 2.18. The minimum Gasteiger partial charge on any atom is -0.462 e. The molecule has 0 aliphatic carbocycles. The fourth-order valence-corrected chi connectivity index (χ4v) is 7.89. The summed E-state index contributed by atoms with van der Waals surface area (Å²) in [4.78, 5) is 26.1. The third-order valence-corrected chi connectivity index (χ3v) is 11.9. The summed E-state index contributed by atoms with van der Waals surface area (Å²) in [5.74, 6) is -0.566. The maximum absolute atomic E-state index is 13.2. The lowest BCUT2D eigenvalue weighted by molar-refractivity contribution is -0.150. The van der Waals surface area contributed by atoms with E-state index in [0.717, 1.165) is 70.6 Å². The Hall–Kier alpha value is -2.44. The average Bonchev–Trinajstić information content (AvgIpc) is 3.26. The Balaban J connectivity index is 4.66. The molecule has 0 rings (SSSR count). The van der Waals surface area contributed by atoms with E-state index in [2.05, 4.69) is 80.8 Å². The van der Waals surface area contributed by atoms with E-state index in [1.807, 2.05) is 6.08 Å². The molecule has 0 aromatic heterocycles. The van der Waals surface area contributed by atoms with E-state index < -0.39 is 18.2 Å². The lowest BCUT2D eigenvalue weighted by Crippen LogP contribution is -2.46. The van der Waals surface area contributed by atoms with Crippen LogP contribution in [-0.4, -0.2) is 46.9 Å². The molecule has 0 spiro atoms. The quantitative estimate of drug-likeness (QED) is 0.0322. The molecule has 0 saturated carbocycles. The molecule has 0 heterocycles. The Morgan fingerprint density at radius 2 is 0.839 bits per heavy atom. The van der Waals surface area contributed by atoms with Gasteiger partial charge in [-0.1, -0.05) is 248 Å². The van der Waals surface area contributed by atoms with Gasteiger partial charge >= 0.3 is 5.97 Å². The summed E-state index contributed by atoms with van der Waals surface area (Å²) in [6.45, 7) is 6.36. The van der Waals surface area contributed by atoms with Gasteiger partial charge in [0.15, 0.2) is 0 Å². The highest BCUT2D eigenvalue weighted by molar-refractivity contribution is 5.77. The van der Waals surface area contributed by atoms with Crippen molar-refractivity contribution in [2.24, 2.45) is 0 Å². The van der Waals surface area contributed by atoms with E-state index in [9.17, 15) is 19.8 Å². The van der Waals surface area contributed by atoms with Gasteiger partial charge in [0.1, 0.15) is 6.10 Å². The second-order valence-electron chi connectivity index (χ2n) is 17.9. The Morgan fingerprint density at radius 3 is 1.23 bits per heavy atom. The fraction of sp³-hybridized carbons (Fsp3) is 0.786. The van der Waals surface area contributed by atoms with E-state index in [-0.39, 0.29) is 31.3 Å². The van der Waals surface area contributed by atoms with Crippen LogP contribution in [0.4, 0.5) is 0 Å². The van der Waals surface area contributed by atoms with Crippen LogP contribution in [0.2, 0.25) is 0 Å². The number of hydrogen-bond acceptors (Lipinski definition) is 5. The van der Waals surface area contributed by atoms with E-state index in [0.29, 0.717) is 19.3 Å². The number of aliphatic hydroxyl groups is 2. The topological polar surface area (TPSA) is 95.9 Å². The van der Waals surface area contributed by atoms with E-state index in [4.69, 9.17) is 4.74 Å². The molecule has 6 heteroatoms. The van der Waals surface area contributed by atoms with Crippen LogP contribution in [0.25, 0.3) is 0 Å². The van der Waals surface area contributed by atoms with Crippen LogP contribution in [0.1, 0.15) is 258 Å². The second-order valence-corrected chi connectivity index (χ2v) is 17.9. The molecule has 0 bridgehead atoms. The summed E-state index contributed by atoms with van der Waals surface area (Å²) >= 11 is 0. The molecular weight excluding hydrogens is 767 g/mol. The molecule has 1 amide bonds. The highest BCUT2D eigenvalue weighted by Gasteiger charge is 2.24. The average molecular weight is 868 g/mol. The van der Waals surface area contributed by atoms with Crippen molar-refractivity contribution >= 4 is 11.9 Å². The van der Waals surface area contributed by atoms with Gasteiger partial charge in [-0.15, -0.1) is 0 Å². The molecule has 62 heavy (non-hydrogen) atoms. The SMILES string of the molecule is CC/C=C/C/C=C/C/C=C/C/C=C/C/C=C/CCC(=O)OC(CCCCCCCCCCCCCCCCCCC)CC(=O)NC(CO)C(O)CCCCCCCCCCCC. The van der Waals surface area contributed by atoms with Crippen LogP contribution in [-0.2, 0) is 14.3 Å². The molecule has 6 nitrogen and oxygen atoms in total. The second kappa shape index (κ2) is 49.6. The molecule has 0 radical (unpaired) electrons. The van der Waals surface area contributed by atoms with Crippen molar-refractivity contribution in [3.8, 4) is 0 Å². The van der Waals surface area contributed by atoms with E-state index in [1.54, 1.807) is 0 Å². The first kappa shape index (κ1) is 59.6. The van der Waals surface area contributed by atoms with Crippen molar-refractivity contribution in [2.75, 3.05) is 6.61 Å². The Morgan fingerprint density at radius 1 is 0.484 bits per heavy atom. The van der Waals surface area contributed by atoms with Crippen LogP contribution in [0.5, 0.6) is 0 Å². The van der Waals surface area contributed by atoms with Crippen LogP contribution >= 0.6 is 0 Å². The normalized spacial score (nSPS) is 13.7. The maximum atomic E-state index is 13.2. The minimum absolute atomic E-state index is 0.0493. The number of nitrogens with one attached hydrogen (secondary N) is 1. The van der Waals surface area contributed by atoms with E-state index >= 15 is 0 Å². The zero-order valence-electron chi connectivity index (χ0n) is 41.0. The molecule has 0 aliphatic heterocycles. The summed E-state index contributed by atoms with van der Waals surface area (Å²) in [5, 5.41) is 23.7.